The minimum Gasteiger partial charge on any atom is -0.466 e. The molecule has 1 spiro atoms. The Morgan fingerprint density at radius 1 is 1.20 bits per heavy atom. The lowest BCUT2D eigenvalue weighted by atomic mass is 9.85. The molecule has 2 aliphatic rings. The van der Waals surface area contributed by atoms with Crippen molar-refractivity contribution in [2.75, 3.05) is 7.11 Å². The number of ether oxygens (including phenoxy) is 2. The predicted octanol–water partition coefficient (Wildman–Crippen LogP) is 1.02. The van der Waals surface area contributed by atoms with Gasteiger partial charge in [0.05, 0.1) is 0 Å². The number of hydrogen-bond acceptors (Lipinski definition) is 7. The van der Waals surface area contributed by atoms with Crippen molar-refractivity contribution in [1.29, 1.82) is 0 Å². The van der Waals surface area contributed by atoms with Crippen LogP contribution < -0.4 is 5.32 Å². The summed E-state index contributed by atoms with van der Waals surface area (Å²) in [6.45, 7) is 2.82. The summed E-state index contributed by atoms with van der Waals surface area (Å²) in [5.74, 6) is -2.59. The Morgan fingerprint density at radius 2 is 1.87 bits per heavy atom. The van der Waals surface area contributed by atoms with Crippen LogP contribution in [0.2, 0.25) is 0 Å². The van der Waals surface area contributed by atoms with Crippen molar-refractivity contribution in [1.82, 2.24) is 5.32 Å². The first-order chi connectivity index (χ1) is 14.2. The van der Waals surface area contributed by atoms with Crippen molar-refractivity contribution in [3.63, 3.8) is 0 Å². The van der Waals surface area contributed by atoms with Crippen molar-refractivity contribution in [3.05, 3.63) is 71.5 Å². The van der Waals surface area contributed by atoms with Gasteiger partial charge >= 0.3 is 0 Å². The number of aliphatic hydroxyl groups excluding tert-OH is 1. The van der Waals surface area contributed by atoms with Gasteiger partial charge < -0.3 is 19.9 Å². The van der Waals surface area contributed by atoms with Crippen LogP contribution in [0.3, 0.4) is 0 Å². The highest BCUT2D eigenvalue weighted by Crippen LogP contribution is 2.43. The molecule has 1 aromatic rings. The van der Waals surface area contributed by atoms with E-state index in [4.69, 9.17) is 9.47 Å². The average molecular weight is 411 g/mol. The molecule has 0 unspecified atom stereocenters. The van der Waals surface area contributed by atoms with Gasteiger partial charge in [-0.3, -0.25) is 19.2 Å². The van der Waals surface area contributed by atoms with Gasteiger partial charge in [-0.1, -0.05) is 42.5 Å². The number of ketones is 3. The quantitative estimate of drug-likeness (QED) is 0.310. The lowest BCUT2D eigenvalue weighted by molar-refractivity contribution is -0.159. The number of methoxy groups -OCH3 is 1. The van der Waals surface area contributed by atoms with Gasteiger partial charge in [0.1, 0.15) is 5.76 Å². The molecule has 0 aliphatic carbocycles. The minimum absolute atomic E-state index is 0.0430. The molecule has 0 radical (unpaired) electrons. The fraction of sp³-hybridized carbons (Fsp3) is 0.273. The van der Waals surface area contributed by atoms with Gasteiger partial charge in [-0.25, -0.2) is 0 Å². The third-order valence-electron chi connectivity index (χ3n) is 5.11. The van der Waals surface area contributed by atoms with E-state index in [2.05, 4.69) is 5.32 Å². The molecule has 1 amide bonds. The molecule has 2 heterocycles. The first-order valence-corrected chi connectivity index (χ1v) is 9.16. The van der Waals surface area contributed by atoms with E-state index in [0.717, 1.165) is 7.11 Å². The van der Waals surface area contributed by atoms with Crippen molar-refractivity contribution in [3.8, 4) is 0 Å². The molecule has 3 rings (SSSR count). The summed E-state index contributed by atoms with van der Waals surface area (Å²) in [5.41, 5.74) is -4.27. The summed E-state index contributed by atoms with van der Waals surface area (Å²) in [6.07, 6.45) is 3.67. The number of hydrogen-bond donors (Lipinski definition) is 2. The zero-order valence-corrected chi connectivity index (χ0v) is 16.7. The van der Waals surface area contributed by atoms with Crippen LogP contribution in [-0.4, -0.2) is 52.9 Å². The van der Waals surface area contributed by atoms with Gasteiger partial charge in [0.25, 0.3) is 11.5 Å². The van der Waals surface area contributed by atoms with Crippen LogP contribution in [0.4, 0.5) is 0 Å². The summed E-state index contributed by atoms with van der Waals surface area (Å²) in [4.78, 5) is 50.0. The summed E-state index contributed by atoms with van der Waals surface area (Å²) in [7, 11) is 1.15. The fourth-order valence-corrected chi connectivity index (χ4v) is 3.49. The molecule has 2 aliphatic heterocycles. The maximum atomic E-state index is 13.1. The first kappa shape index (κ1) is 21.4. The van der Waals surface area contributed by atoms with Crippen LogP contribution in [-0.2, 0) is 23.9 Å². The third-order valence-corrected chi connectivity index (χ3v) is 5.11. The molecule has 1 fully saturated rings. The topological polar surface area (TPSA) is 119 Å². The molecular formula is C22H21NO7. The van der Waals surface area contributed by atoms with Gasteiger partial charge in [0, 0.05) is 18.2 Å². The van der Waals surface area contributed by atoms with Crippen LogP contribution in [0.15, 0.2) is 66.0 Å². The van der Waals surface area contributed by atoms with Crippen LogP contribution in [0.5, 0.6) is 0 Å². The van der Waals surface area contributed by atoms with Gasteiger partial charge in [-0.2, -0.15) is 0 Å². The van der Waals surface area contributed by atoms with Crippen LogP contribution in [0, 0.1) is 0 Å². The Hall–Kier alpha value is -3.36. The summed E-state index contributed by atoms with van der Waals surface area (Å²) in [5, 5.41) is 13.4. The van der Waals surface area contributed by atoms with Crippen LogP contribution in [0.25, 0.3) is 0 Å². The smallest absolute Gasteiger partial charge is 0.279 e. The molecule has 0 saturated carbocycles. The predicted molar refractivity (Wildman–Crippen MR) is 105 cm³/mol. The van der Waals surface area contributed by atoms with E-state index in [1.165, 1.54) is 50.3 Å². The van der Waals surface area contributed by atoms with Crippen LogP contribution >= 0.6 is 0 Å². The highest BCUT2D eigenvalue weighted by atomic mass is 16.6. The maximum Gasteiger partial charge on any atom is 0.279 e. The second kappa shape index (κ2) is 7.81. The first-order valence-electron chi connectivity index (χ1n) is 9.16. The molecule has 8 nitrogen and oxygen atoms in total. The lowest BCUT2D eigenvalue weighted by Gasteiger charge is -2.32. The van der Waals surface area contributed by atoms with Crippen molar-refractivity contribution in [2.45, 2.75) is 31.3 Å². The average Bonchev–Trinajstić information content (AvgIpc) is 3.12. The number of allylic oxidation sites excluding steroid dienone is 4. The fourth-order valence-electron chi connectivity index (χ4n) is 3.49. The summed E-state index contributed by atoms with van der Waals surface area (Å²) in [6, 6.07) is 7.95. The highest BCUT2D eigenvalue weighted by Gasteiger charge is 2.73. The highest BCUT2D eigenvalue weighted by molar-refractivity contribution is 6.23. The molecule has 3 atom stereocenters. The number of nitrogens with one attached hydrogen (secondary N) is 1. The molecule has 0 bridgehead atoms. The molecule has 0 aromatic heterocycles. The normalized spacial score (nSPS) is 28.6. The number of carbonyl (C=O) groups excluding carboxylic acids is 4. The summed E-state index contributed by atoms with van der Waals surface area (Å²) >= 11 is 0. The van der Waals surface area contributed by atoms with Crippen molar-refractivity contribution < 1.29 is 33.8 Å². The van der Waals surface area contributed by atoms with E-state index in [1.807, 2.05) is 0 Å². The molecule has 1 aromatic carbocycles. The van der Waals surface area contributed by atoms with E-state index < -0.39 is 34.9 Å². The van der Waals surface area contributed by atoms with E-state index in [-0.39, 0.29) is 22.7 Å². The van der Waals surface area contributed by atoms with E-state index in [1.54, 1.807) is 18.2 Å². The van der Waals surface area contributed by atoms with E-state index in [0.29, 0.717) is 0 Å². The second-order valence-electron chi connectivity index (χ2n) is 6.98. The standard InChI is InChI=1S/C22H21NO7/c1-13(24)9-7-8-12-16-14(2)17(25)21(30-16)19(27)22(29-3,23-20(21)28)18(26)15-10-5-4-6-11-15/h4-12,19,27H,1-3H3,(H,23,28)/b9-7+,12-8+/t19-,21-,22-/m1/s1. The lowest BCUT2D eigenvalue weighted by Crippen LogP contribution is -2.60. The molecule has 1 saturated heterocycles. The molecule has 2 N–H and O–H groups in total. The summed E-state index contributed by atoms with van der Waals surface area (Å²) < 4.78 is 10.9. The van der Waals surface area contributed by atoms with Crippen molar-refractivity contribution >= 4 is 23.3 Å². The molecular weight excluding hydrogens is 390 g/mol. The third kappa shape index (κ3) is 3.10. The SMILES string of the molecule is CO[C@@]1(C(=O)c2ccccc2)NC(=O)[C@]2(OC(/C=C/C=C/C(C)=O)=C(C)C2=O)[C@H]1O. The zero-order valence-electron chi connectivity index (χ0n) is 16.7. The van der Waals surface area contributed by atoms with Gasteiger partial charge in [0.15, 0.2) is 11.9 Å². The van der Waals surface area contributed by atoms with Gasteiger partial charge in [-0.05, 0) is 26.0 Å². The molecule has 8 heteroatoms. The van der Waals surface area contributed by atoms with E-state index in [9.17, 15) is 24.3 Å². The number of Topliss-reactive ketones (excluding diaryl/α,β-unsaturated/α-hetero) is 2. The Bertz CT molecular complexity index is 1010. The van der Waals surface area contributed by atoms with E-state index >= 15 is 0 Å². The number of rotatable bonds is 6. The number of aliphatic hydroxyl groups is 1. The largest absolute Gasteiger partial charge is 0.466 e. The Balaban J connectivity index is 1.97. The van der Waals surface area contributed by atoms with Gasteiger partial charge in [0.2, 0.25) is 17.3 Å². The maximum absolute atomic E-state index is 13.1. The van der Waals surface area contributed by atoms with Gasteiger partial charge in [-0.15, -0.1) is 0 Å². The Kier molecular flexibility index (Phi) is 5.56. The monoisotopic (exact) mass is 411 g/mol. The molecule has 156 valence electrons. The van der Waals surface area contributed by atoms with Crippen molar-refractivity contribution in [2.24, 2.45) is 0 Å². The Morgan fingerprint density at radius 3 is 2.47 bits per heavy atom. The molecule has 30 heavy (non-hydrogen) atoms. The number of amides is 1. The number of carbonyl (C=O) groups is 4. The Labute approximate surface area is 172 Å². The minimum atomic E-state index is -2.35. The second-order valence-corrected chi connectivity index (χ2v) is 6.98. The van der Waals surface area contributed by atoms with Crippen LogP contribution in [0.1, 0.15) is 24.2 Å². The number of benzene rings is 1. The zero-order chi connectivity index (χ0) is 22.1.